The molecule has 8 heteroatoms. The maximum Gasteiger partial charge on any atom is 0.306 e. The van der Waals surface area contributed by atoms with Crippen molar-refractivity contribution in [3.05, 3.63) is 57.9 Å². The third-order valence-electron chi connectivity index (χ3n) is 3.51. The summed E-state index contributed by atoms with van der Waals surface area (Å²) in [5.41, 5.74) is 1.35. The first-order chi connectivity index (χ1) is 11.5. The number of rotatable bonds is 7. The van der Waals surface area contributed by atoms with E-state index >= 15 is 0 Å². The lowest BCUT2D eigenvalue weighted by atomic mass is 10.1. The summed E-state index contributed by atoms with van der Waals surface area (Å²) < 4.78 is 1.45. The number of hydrogen-bond donors (Lipinski definition) is 1. The zero-order valence-corrected chi connectivity index (χ0v) is 13.2. The molecule has 1 atom stereocenters. The second-order valence-corrected chi connectivity index (χ2v) is 5.35. The van der Waals surface area contributed by atoms with Crippen LogP contribution in [0.2, 0.25) is 0 Å². The summed E-state index contributed by atoms with van der Waals surface area (Å²) in [6, 6.07) is 8.96. The maximum atomic E-state index is 12.0. The molecular formula is C16H17N5O3. The van der Waals surface area contributed by atoms with Crippen LogP contribution < -0.4 is 5.32 Å². The van der Waals surface area contributed by atoms with Crippen LogP contribution in [-0.2, 0) is 11.3 Å². The normalized spacial score (nSPS) is 11.5. The quantitative estimate of drug-likeness (QED) is 0.619. The molecule has 0 radical (unpaired) electrons. The van der Waals surface area contributed by atoms with Crippen molar-refractivity contribution >= 4 is 11.6 Å². The number of nitrogens with zero attached hydrogens (tertiary/aromatic N) is 4. The van der Waals surface area contributed by atoms with E-state index in [2.05, 4.69) is 16.5 Å². The predicted molar refractivity (Wildman–Crippen MR) is 85.8 cm³/mol. The summed E-state index contributed by atoms with van der Waals surface area (Å²) >= 11 is 0. The Morgan fingerprint density at radius 1 is 1.54 bits per heavy atom. The van der Waals surface area contributed by atoms with E-state index in [4.69, 9.17) is 5.26 Å². The monoisotopic (exact) mass is 327 g/mol. The Hall–Kier alpha value is -3.21. The molecule has 0 saturated heterocycles. The first-order valence-electron chi connectivity index (χ1n) is 7.46. The van der Waals surface area contributed by atoms with E-state index in [1.807, 2.05) is 13.0 Å². The van der Waals surface area contributed by atoms with Crippen LogP contribution in [-0.4, -0.2) is 20.6 Å². The van der Waals surface area contributed by atoms with Gasteiger partial charge in [-0.1, -0.05) is 12.1 Å². The highest BCUT2D eigenvalue weighted by Gasteiger charge is 2.11. The average molecular weight is 327 g/mol. The lowest BCUT2D eigenvalue weighted by Gasteiger charge is -2.14. The van der Waals surface area contributed by atoms with E-state index in [0.717, 1.165) is 5.56 Å². The van der Waals surface area contributed by atoms with Crippen LogP contribution in [0.15, 0.2) is 36.7 Å². The van der Waals surface area contributed by atoms with Gasteiger partial charge in [0.15, 0.2) is 0 Å². The Bertz CT molecular complexity index is 778. The standard InChI is InChI=1S/C16H17N5O3/c1-12(14-5-2-4-13(8-14)9-17)19-16(22)6-3-7-20-11-15(10-18-20)21(23)24/h2,4-5,8,10-12H,3,6-7H2,1H3,(H,19,22). The molecule has 1 N–H and O–H groups in total. The van der Waals surface area contributed by atoms with Crippen molar-refractivity contribution in [3.8, 4) is 6.07 Å². The lowest BCUT2D eigenvalue weighted by molar-refractivity contribution is -0.385. The highest BCUT2D eigenvalue weighted by Crippen LogP contribution is 2.14. The van der Waals surface area contributed by atoms with E-state index < -0.39 is 4.92 Å². The molecule has 24 heavy (non-hydrogen) atoms. The number of nitrogens with one attached hydrogen (secondary N) is 1. The van der Waals surface area contributed by atoms with Crippen molar-refractivity contribution in [2.75, 3.05) is 0 Å². The molecule has 0 bridgehead atoms. The summed E-state index contributed by atoms with van der Waals surface area (Å²) in [4.78, 5) is 22.0. The fourth-order valence-electron chi connectivity index (χ4n) is 2.25. The summed E-state index contributed by atoms with van der Waals surface area (Å²) in [7, 11) is 0. The van der Waals surface area contributed by atoms with E-state index in [0.29, 0.717) is 18.5 Å². The van der Waals surface area contributed by atoms with Crippen molar-refractivity contribution in [3.63, 3.8) is 0 Å². The highest BCUT2D eigenvalue weighted by atomic mass is 16.6. The molecule has 1 heterocycles. The minimum absolute atomic E-state index is 0.0644. The van der Waals surface area contributed by atoms with Crippen LogP contribution in [0.25, 0.3) is 0 Å². The topological polar surface area (TPSA) is 114 Å². The SMILES string of the molecule is CC(NC(=O)CCCn1cc([N+](=O)[O-])cn1)c1cccc(C#N)c1. The van der Waals surface area contributed by atoms with E-state index in [1.54, 1.807) is 18.2 Å². The summed E-state index contributed by atoms with van der Waals surface area (Å²) in [5.74, 6) is -0.119. The van der Waals surface area contributed by atoms with Crippen LogP contribution >= 0.6 is 0 Å². The molecule has 1 amide bonds. The van der Waals surface area contributed by atoms with Gasteiger partial charge in [0.05, 0.1) is 22.6 Å². The molecule has 0 saturated carbocycles. The second-order valence-electron chi connectivity index (χ2n) is 5.35. The van der Waals surface area contributed by atoms with Crippen LogP contribution in [0, 0.1) is 21.4 Å². The van der Waals surface area contributed by atoms with E-state index in [9.17, 15) is 14.9 Å². The number of nitriles is 1. The molecule has 124 valence electrons. The van der Waals surface area contributed by atoms with Gasteiger partial charge in [0.2, 0.25) is 5.91 Å². The highest BCUT2D eigenvalue weighted by molar-refractivity contribution is 5.76. The van der Waals surface area contributed by atoms with Gasteiger partial charge >= 0.3 is 5.69 Å². The molecule has 1 aromatic carbocycles. The summed E-state index contributed by atoms with van der Waals surface area (Å²) in [6.45, 7) is 2.28. The van der Waals surface area contributed by atoms with E-state index in [-0.39, 0.29) is 24.1 Å². The van der Waals surface area contributed by atoms with Gasteiger partial charge in [-0.05, 0) is 31.0 Å². The molecule has 0 aliphatic carbocycles. The fraction of sp³-hybridized carbons (Fsp3) is 0.312. The Morgan fingerprint density at radius 2 is 2.33 bits per heavy atom. The predicted octanol–water partition coefficient (Wildman–Crippen LogP) is 2.32. The van der Waals surface area contributed by atoms with Crippen molar-refractivity contribution < 1.29 is 9.72 Å². The summed E-state index contributed by atoms with van der Waals surface area (Å²) in [5, 5.41) is 26.2. The zero-order valence-electron chi connectivity index (χ0n) is 13.2. The number of carbonyl (C=O) groups is 1. The molecule has 0 spiro atoms. The van der Waals surface area contributed by atoms with Gasteiger partial charge in [-0.15, -0.1) is 0 Å². The van der Waals surface area contributed by atoms with E-state index in [1.165, 1.54) is 17.1 Å². The average Bonchev–Trinajstić information content (AvgIpc) is 3.04. The van der Waals surface area contributed by atoms with Gasteiger partial charge in [-0.25, -0.2) is 0 Å². The molecule has 2 rings (SSSR count). The molecule has 8 nitrogen and oxygen atoms in total. The van der Waals surface area contributed by atoms with Gasteiger partial charge in [-0.2, -0.15) is 10.4 Å². The molecule has 0 fully saturated rings. The number of benzene rings is 1. The van der Waals surface area contributed by atoms with Gasteiger partial charge in [0.25, 0.3) is 0 Å². The van der Waals surface area contributed by atoms with Crippen LogP contribution in [0.4, 0.5) is 5.69 Å². The van der Waals surface area contributed by atoms with Crippen LogP contribution in [0.3, 0.4) is 0 Å². The number of aromatic nitrogens is 2. The number of hydrogen-bond acceptors (Lipinski definition) is 5. The minimum Gasteiger partial charge on any atom is -0.350 e. The molecule has 0 aliphatic rings. The summed E-state index contributed by atoms with van der Waals surface area (Å²) in [6.07, 6.45) is 3.34. The van der Waals surface area contributed by atoms with Crippen molar-refractivity contribution in [1.82, 2.24) is 15.1 Å². The second kappa shape index (κ2) is 7.87. The van der Waals surface area contributed by atoms with Crippen molar-refractivity contribution in [1.29, 1.82) is 5.26 Å². The minimum atomic E-state index is -0.507. The Kier molecular flexibility index (Phi) is 5.63. The Balaban J connectivity index is 1.80. The third kappa shape index (κ3) is 4.64. The molecule has 1 aromatic heterocycles. The fourth-order valence-corrected chi connectivity index (χ4v) is 2.25. The third-order valence-corrected chi connectivity index (χ3v) is 3.51. The maximum absolute atomic E-state index is 12.0. The molecular weight excluding hydrogens is 310 g/mol. The number of carbonyl (C=O) groups excluding carboxylic acids is 1. The van der Waals surface area contributed by atoms with Crippen molar-refractivity contribution in [2.45, 2.75) is 32.4 Å². The van der Waals surface area contributed by atoms with Crippen LogP contribution in [0.1, 0.15) is 36.9 Å². The number of amides is 1. The number of nitro groups is 1. The Labute approximate surface area is 138 Å². The first-order valence-corrected chi connectivity index (χ1v) is 7.46. The van der Waals surface area contributed by atoms with Gasteiger partial charge in [0, 0.05) is 13.0 Å². The van der Waals surface area contributed by atoms with Crippen molar-refractivity contribution in [2.24, 2.45) is 0 Å². The van der Waals surface area contributed by atoms with Crippen LogP contribution in [0.5, 0.6) is 0 Å². The largest absolute Gasteiger partial charge is 0.350 e. The molecule has 1 unspecified atom stereocenters. The Morgan fingerprint density at radius 3 is 3.00 bits per heavy atom. The number of aryl methyl sites for hydroxylation is 1. The molecule has 0 aliphatic heterocycles. The smallest absolute Gasteiger partial charge is 0.306 e. The first kappa shape index (κ1) is 17.1. The lowest BCUT2D eigenvalue weighted by Crippen LogP contribution is -2.26. The molecule has 2 aromatic rings. The van der Waals surface area contributed by atoms with Gasteiger partial charge in [-0.3, -0.25) is 19.6 Å². The van der Waals surface area contributed by atoms with Gasteiger partial charge in [0.1, 0.15) is 12.4 Å². The van der Waals surface area contributed by atoms with Gasteiger partial charge < -0.3 is 5.32 Å². The zero-order chi connectivity index (χ0) is 17.5.